The van der Waals surface area contributed by atoms with Crippen LogP contribution in [0.5, 0.6) is 11.5 Å². The Bertz CT molecular complexity index is 840. The van der Waals surface area contributed by atoms with Crippen LogP contribution in [0, 0.1) is 13.8 Å². The molecule has 0 aliphatic rings. The first-order valence-corrected chi connectivity index (χ1v) is 7.26. The number of aryl methyl sites for hydroxylation is 2. The van der Waals surface area contributed by atoms with Gasteiger partial charge < -0.3 is 14.0 Å². The normalized spacial score (nSPS) is 10.6. The average Bonchev–Trinajstić information content (AvgIpc) is 3.06. The van der Waals surface area contributed by atoms with Gasteiger partial charge in [-0.05, 0) is 43.7 Å². The maximum absolute atomic E-state index is 5.44. The highest BCUT2D eigenvalue weighted by atomic mass is 16.5. The van der Waals surface area contributed by atoms with Crippen molar-refractivity contribution in [2.45, 2.75) is 13.8 Å². The van der Waals surface area contributed by atoms with Gasteiger partial charge in [0.1, 0.15) is 0 Å². The molecule has 1 heterocycles. The van der Waals surface area contributed by atoms with Gasteiger partial charge >= 0.3 is 0 Å². The van der Waals surface area contributed by atoms with Gasteiger partial charge in [-0.25, -0.2) is 0 Å². The van der Waals surface area contributed by atoms with Gasteiger partial charge in [0.2, 0.25) is 5.82 Å². The molecule has 0 spiro atoms. The fourth-order valence-electron chi connectivity index (χ4n) is 2.39. The lowest BCUT2D eigenvalue weighted by Gasteiger charge is -2.07. The van der Waals surface area contributed by atoms with Crippen LogP contribution in [-0.2, 0) is 0 Å². The number of aromatic nitrogens is 2. The third kappa shape index (κ3) is 2.90. The van der Waals surface area contributed by atoms with E-state index in [4.69, 9.17) is 14.0 Å². The maximum Gasteiger partial charge on any atom is 0.258 e. The molecule has 1 aromatic heterocycles. The monoisotopic (exact) mass is 310 g/mol. The van der Waals surface area contributed by atoms with E-state index in [0.29, 0.717) is 23.2 Å². The molecule has 0 aliphatic heterocycles. The Kier molecular flexibility index (Phi) is 4.02. The SMILES string of the molecule is COc1ccc(-c2noc(-c3cc(C)ccc3C)n2)cc1OC. The van der Waals surface area contributed by atoms with E-state index < -0.39 is 0 Å². The zero-order chi connectivity index (χ0) is 16.4. The lowest BCUT2D eigenvalue weighted by Crippen LogP contribution is -1.91. The van der Waals surface area contributed by atoms with Crippen LogP contribution in [0.2, 0.25) is 0 Å². The molecule has 0 radical (unpaired) electrons. The first-order chi connectivity index (χ1) is 11.1. The molecule has 0 saturated carbocycles. The van der Waals surface area contributed by atoms with Crippen LogP contribution in [0.25, 0.3) is 22.8 Å². The molecular formula is C18H18N2O3. The molecule has 0 atom stereocenters. The number of nitrogens with zero attached hydrogens (tertiary/aromatic N) is 2. The molecule has 0 saturated heterocycles. The maximum atomic E-state index is 5.44. The Morgan fingerprint density at radius 3 is 2.43 bits per heavy atom. The van der Waals surface area contributed by atoms with Gasteiger partial charge in [-0.15, -0.1) is 0 Å². The van der Waals surface area contributed by atoms with Crippen LogP contribution >= 0.6 is 0 Å². The summed E-state index contributed by atoms with van der Waals surface area (Å²) in [6, 6.07) is 11.7. The van der Waals surface area contributed by atoms with Crippen molar-refractivity contribution in [3.63, 3.8) is 0 Å². The molecule has 0 bridgehead atoms. The first kappa shape index (κ1) is 15.1. The zero-order valence-corrected chi connectivity index (χ0v) is 13.6. The first-order valence-electron chi connectivity index (χ1n) is 7.26. The average molecular weight is 310 g/mol. The lowest BCUT2D eigenvalue weighted by molar-refractivity contribution is 0.355. The number of methoxy groups -OCH3 is 2. The Hall–Kier alpha value is -2.82. The van der Waals surface area contributed by atoms with Crippen molar-refractivity contribution in [3.8, 4) is 34.3 Å². The summed E-state index contributed by atoms with van der Waals surface area (Å²) in [4.78, 5) is 4.51. The van der Waals surface area contributed by atoms with Crippen LogP contribution in [0.4, 0.5) is 0 Å². The molecule has 0 N–H and O–H groups in total. The molecular weight excluding hydrogens is 292 g/mol. The molecule has 0 fully saturated rings. The summed E-state index contributed by atoms with van der Waals surface area (Å²) in [5.41, 5.74) is 4.00. The molecule has 2 aromatic carbocycles. The highest BCUT2D eigenvalue weighted by Gasteiger charge is 2.14. The number of rotatable bonds is 4. The van der Waals surface area contributed by atoms with Gasteiger partial charge in [0, 0.05) is 11.1 Å². The minimum absolute atomic E-state index is 0.510. The summed E-state index contributed by atoms with van der Waals surface area (Å²) in [6.07, 6.45) is 0. The molecule has 0 unspecified atom stereocenters. The largest absolute Gasteiger partial charge is 0.493 e. The van der Waals surface area contributed by atoms with Gasteiger partial charge in [0.25, 0.3) is 5.89 Å². The Balaban J connectivity index is 2.00. The standard InChI is InChI=1S/C18H18N2O3/c1-11-5-6-12(2)14(9-11)18-19-17(20-23-18)13-7-8-15(21-3)16(10-13)22-4/h5-10H,1-4H3. The highest BCUT2D eigenvalue weighted by Crippen LogP contribution is 2.32. The van der Waals surface area contributed by atoms with Crippen molar-refractivity contribution in [3.05, 3.63) is 47.5 Å². The summed E-state index contributed by atoms with van der Waals surface area (Å²) >= 11 is 0. The lowest BCUT2D eigenvalue weighted by atomic mass is 10.1. The van der Waals surface area contributed by atoms with Crippen molar-refractivity contribution in [2.24, 2.45) is 0 Å². The van der Waals surface area contributed by atoms with Crippen LogP contribution < -0.4 is 9.47 Å². The van der Waals surface area contributed by atoms with Gasteiger partial charge in [0.05, 0.1) is 14.2 Å². The second-order valence-corrected chi connectivity index (χ2v) is 5.31. The number of ether oxygens (including phenoxy) is 2. The third-order valence-electron chi connectivity index (χ3n) is 3.69. The summed E-state index contributed by atoms with van der Waals surface area (Å²) < 4.78 is 16.0. The van der Waals surface area contributed by atoms with Gasteiger partial charge in [-0.1, -0.05) is 22.9 Å². The Morgan fingerprint density at radius 1 is 0.913 bits per heavy atom. The van der Waals surface area contributed by atoms with Crippen molar-refractivity contribution in [1.29, 1.82) is 0 Å². The van der Waals surface area contributed by atoms with E-state index in [9.17, 15) is 0 Å². The summed E-state index contributed by atoms with van der Waals surface area (Å²) in [6.45, 7) is 4.06. The Morgan fingerprint density at radius 2 is 1.70 bits per heavy atom. The number of benzene rings is 2. The van der Waals surface area contributed by atoms with Crippen LogP contribution in [0.1, 0.15) is 11.1 Å². The van der Waals surface area contributed by atoms with Crippen molar-refractivity contribution >= 4 is 0 Å². The van der Waals surface area contributed by atoms with Crippen LogP contribution in [0.15, 0.2) is 40.9 Å². The van der Waals surface area contributed by atoms with E-state index >= 15 is 0 Å². The third-order valence-corrected chi connectivity index (χ3v) is 3.69. The molecule has 3 rings (SSSR count). The smallest absolute Gasteiger partial charge is 0.258 e. The highest BCUT2D eigenvalue weighted by molar-refractivity contribution is 5.65. The number of hydrogen-bond acceptors (Lipinski definition) is 5. The second-order valence-electron chi connectivity index (χ2n) is 5.31. The predicted octanol–water partition coefficient (Wildman–Crippen LogP) is 4.04. The molecule has 23 heavy (non-hydrogen) atoms. The molecule has 5 nitrogen and oxygen atoms in total. The number of hydrogen-bond donors (Lipinski definition) is 0. The fourth-order valence-corrected chi connectivity index (χ4v) is 2.39. The van der Waals surface area contributed by atoms with E-state index in [0.717, 1.165) is 22.3 Å². The fraction of sp³-hybridized carbons (Fsp3) is 0.222. The summed E-state index contributed by atoms with van der Waals surface area (Å²) in [7, 11) is 3.20. The summed E-state index contributed by atoms with van der Waals surface area (Å²) in [5.74, 6) is 2.32. The van der Waals surface area contributed by atoms with Crippen molar-refractivity contribution < 1.29 is 14.0 Å². The van der Waals surface area contributed by atoms with E-state index in [1.54, 1.807) is 14.2 Å². The molecule has 118 valence electrons. The predicted molar refractivity (Wildman–Crippen MR) is 87.7 cm³/mol. The quantitative estimate of drug-likeness (QED) is 0.728. The minimum atomic E-state index is 0.510. The topological polar surface area (TPSA) is 57.4 Å². The molecule has 3 aromatic rings. The summed E-state index contributed by atoms with van der Waals surface area (Å²) in [5, 5.41) is 4.08. The van der Waals surface area contributed by atoms with Gasteiger partial charge in [-0.2, -0.15) is 4.98 Å². The molecule has 5 heteroatoms. The second kappa shape index (κ2) is 6.12. The Labute approximate surface area is 134 Å². The van der Waals surface area contributed by atoms with Crippen molar-refractivity contribution in [2.75, 3.05) is 14.2 Å². The van der Waals surface area contributed by atoms with Crippen molar-refractivity contribution in [1.82, 2.24) is 10.1 Å². The minimum Gasteiger partial charge on any atom is -0.493 e. The van der Waals surface area contributed by atoms with Gasteiger partial charge in [0.15, 0.2) is 11.5 Å². The zero-order valence-electron chi connectivity index (χ0n) is 13.6. The van der Waals surface area contributed by atoms with Crippen LogP contribution in [0.3, 0.4) is 0 Å². The molecule has 0 amide bonds. The van der Waals surface area contributed by atoms with Crippen LogP contribution in [-0.4, -0.2) is 24.4 Å². The van der Waals surface area contributed by atoms with E-state index in [-0.39, 0.29) is 0 Å². The van der Waals surface area contributed by atoms with E-state index in [2.05, 4.69) is 16.2 Å². The van der Waals surface area contributed by atoms with Gasteiger partial charge in [-0.3, -0.25) is 0 Å². The molecule has 0 aliphatic carbocycles. The van der Waals surface area contributed by atoms with E-state index in [1.807, 2.05) is 44.2 Å². The van der Waals surface area contributed by atoms with E-state index in [1.165, 1.54) is 0 Å².